The number of hydrogen-bond acceptors (Lipinski definition) is 0. The Morgan fingerprint density at radius 2 is 0.375 bits per heavy atom. The number of hydrogen-bond donors (Lipinski definition) is 0. The molecule has 0 amide bonds. The first-order chi connectivity index (χ1) is 14.2. The van der Waals surface area contributed by atoms with Crippen molar-refractivity contribution in [2.75, 3.05) is 0 Å². The van der Waals surface area contributed by atoms with Gasteiger partial charge in [0.2, 0.25) is 0 Å². The van der Waals surface area contributed by atoms with Crippen LogP contribution in [0.15, 0.2) is 0 Å². The zero-order valence-electron chi connectivity index (χ0n) is 25.6. The average molecular weight is 580 g/mol. The van der Waals surface area contributed by atoms with Crippen LogP contribution in [0.3, 0.4) is 0 Å². The summed E-state index contributed by atoms with van der Waals surface area (Å²) in [5.41, 5.74) is 7.50. The van der Waals surface area contributed by atoms with Crippen LogP contribution in [0.25, 0.3) is 0 Å². The van der Waals surface area contributed by atoms with Gasteiger partial charge in [0.15, 0.2) is 0 Å². The lowest BCUT2D eigenvalue weighted by molar-refractivity contribution is 0.816. The SMILES string of the molecule is CC(C)[Si](C(C)C)(C(C)C)[Si](Br)([Si](C(C)C)(C(C)C)C(C)C)[Si](C(C)C)(C(C)C)C(C)C. The third-order valence-electron chi connectivity index (χ3n) is 10.4. The lowest BCUT2D eigenvalue weighted by Crippen LogP contribution is -2.91. The fraction of sp³-hybridized carbons (Fsp3) is 1.00. The first-order valence-corrected chi connectivity index (χ1v) is 27.9. The molecule has 0 nitrogen and oxygen atoms in total. The maximum atomic E-state index is 5.29. The average Bonchev–Trinajstić information content (AvgIpc) is 2.52. The van der Waals surface area contributed by atoms with Gasteiger partial charge in [0.25, 0.3) is 0 Å². The van der Waals surface area contributed by atoms with Gasteiger partial charge >= 0.3 is 0 Å². The maximum Gasteiger partial charge on any atom is 0.112 e. The standard InChI is InChI=1S/C27H63BrSi4/c1-19(2)29(20(3)4,21(5)6)32(28,30(22(7)8,23(9)10)24(11)12)31(25(13)14,26(15)16)27(17)18/h19-27H,1-18H3. The van der Waals surface area contributed by atoms with E-state index in [1.807, 2.05) is 0 Å². The Morgan fingerprint density at radius 3 is 0.438 bits per heavy atom. The Kier molecular flexibility index (Phi) is 12.1. The van der Waals surface area contributed by atoms with Crippen molar-refractivity contribution in [2.45, 2.75) is 174 Å². The molecule has 0 bridgehead atoms. The van der Waals surface area contributed by atoms with E-state index in [4.69, 9.17) is 15.3 Å². The number of rotatable bonds is 12. The molecule has 32 heavy (non-hydrogen) atoms. The van der Waals surface area contributed by atoms with Crippen LogP contribution in [0.2, 0.25) is 49.9 Å². The molecule has 5 heteroatoms. The summed E-state index contributed by atoms with van der Waals surface area (Å²) in [7, 11) is -5.25. The van der Waals surface area contributed by atoms with E-state index in [-0.39, 0.29) is 0 Å². The monoisotopic (exact) mass is 578 g/mol. The van der Waals surface area contributed by atoms with E-state index in [1.54, 1.807) is 0 Å². The molecule has 0 aliphatic rings. The molecule has 0 fully saturated rings. The lowest BCUT2D eigenvalue weighted by Gasteiger charge is -2.72. The Morgan fingerprint density at radius 1 is 0.281 bits per heavy atom. The first-order valence-electron chi connectivity index (χ1n) is 13.9. The minimum Gasteiger partial charge on any atom is -0.136 e. The molecule has 0 aliphatic carbocycles. The molecule has 0 spiro atoms. The van der Waals surface area contributed by atoms with E-state index in [2.05, 4.69) is 125 Å². The van der Waals surface area contributed by atoms with Crippen LogP contribution in [0.4, 0.5) is 0 Å². The van der Waals surface area contributed by atoms with Crippen molar-refractivity contribution in [3.05, 3.63) is 0 Å². The van der Waals surface area contributed by atoms with Gasteiger partial charge in [0.1, 0.15) is 5.25 Å². The highest BCUT2D eigenvalue weighted by Gasteiger charge is 2.79. The van der Waals surface area contributed by atoms with Crippen molar-refractivity contribution in [2.24, 2.45) is 0 Å². The highest BCUT2D eigenvalue weighted by Crippen LogP contribution is 2.67. The summed E-state index contributed by atoms with van der Waals surface area (Å²) in [5.74, 6) is 0. The van der Waals surface area contributed by atoms with Crippen molar-refractivity contribution >= 4 is 43.3 Å². The summed E-state index contributed by atoms with van der Waals surface area (Å²) in [4.78, 5) is 0. The molecular weight excluding hydrogens is 517 g/mol. The van der Waals surface area contributed by atoms with Crippen LogP contribution in [0, 0.1) is 0 Å². The largest absolute Gasteiger partial charge is 0.136 e. The summed E-state index contributed by atoms with van der Waals surface area (Å²) in [6, 6.07) is 0. The van der Waals surface area contributed by atoms with E-state index in [1.165, 1.54) is 0 Å². The predicted molar refractivity (Wildman–Crippen MR) is 168 cm³/mol. The normalized spacial score (nSPS) is 15.4. The third-order valence-corrected chi connectivity index (χ3v) is 99.4. The molecule has 0 aliphatic heterocycles. The van der Waals surface area contributed by atoms with Crippen LogP contribution < -0.4 is 0 Å². The molecular formula is C27H63BrSi4. The van der Waals surface area contributed by atoms with Crippen LogP contribution >= 0.6 is 15.3 Å². The van der Waals surface area contributed by atoms with Crippen molar-refractivity contribution in [1.29, 1.82) is 0 Å². The minimum atomic E-state index is -1.93. The molecule has 0 unspecified atom stereocenters. The first kappa shape index (κ1) is 33.3. The summed E-state index contributed by atoms with van der Waals surface area (Å²) in [6.07, 6.45) is 0. The van der Waals surface area contributed by atoms with Crippen LogP contribution in [0.5, 0.6) is 0 Å². The summed E-state index contributed by atoms with van der Waals surface area (Å²) in [5, 5.41) is -1.93. The van der Waals surface area contributed by atoms with Crippen molar-refractivity contribution in [3.8, 4) is 0 Å². The van der Waals surface area contributed by atoms with Crippen LogP contribution in [-0.2, 0) is 0 Å². The molecule has 0 atom stereocenters. The van der Waals surface area contributed by atoms with Gasteiger partial charge in [-0.05, 0) is 0 Å². The van der Waals surface area contributed by atoms with Gasteiger partial charge in [-0.1, -0.05) is 174 Å². The molecule has 0 aromatic heterocycles. The van der Waals surface area contributed by atoms with Gasteiger partial charge in [0.05, 0.1) is 22.8 Å². The molecule has 0 saturated carbocycles. The Labute approximate surface area is 216 Å². The highest BCUT2D eigenvalue weighted by molar-refractivity contribution is 9.31. The van der Waals surface area contributed by atoms with Crippen molar-refractivity contribution in [3.63, 3.8) is 0 Å². The van der Waals surface area contributed by atoms with Gasteiger partial charge in [0, 0.05) is 0 Å². The molecule has 0 N–H and O–H groups in total. The highest BCUT2D eigenvalue weighted by atomic mass is 79.9. The molecule has 0 rings (SSSR count). The fourth-order valence-corrected chi connectivity index (χ4v) is 164. The second kappa shape index (κ2) is 11.6. The van der Waals surface area contributed by atoms with Crippen LogP contribution in [-0.4, -0.2) is 28.0 Å². The Hall–Kier alpha value is 1.35. The molecule has 0 radical (unpaired) electrons. The van der Waals surface area contributed by atoms with Gasteiger partial charge < -0.3 is 0 Å². The maximum absolute atomic E-state index is 5.29. The van der Waals surface area contributed by atoms with E-state index in [9.17, 15) is 0 Å². The second-order valence-electron chi connectivity index (χ2n) is 13.8. The van der Waals surface area contributed by atoms with E-state index in [0.29, 0.717) is 0 Å². The van der Waals surface area contributed by atoms with E-state index >= 15 is 0 Å². The smallest absolute Gasteiger partial charge is 0.112 e. The second-order valence-corrected chi connectivity index (χ2v) is 60.4. The fourth-order valence-electron chi connectivity index (χ4n) is 10.7. The summed E-state index contributed by atoms with van der Waals surface area (Å²) >= 11 is 5.29. The van der Waals surface area contributed by atoms with Gasteiger partial charge in [-0.2, -0.15) is 0 Å². The quantitative estimate of drug-likeness (QED) is 0.159. The molecule has 194 valence electrons. The van der Waals surface area contributed by atoms with E-state index < -0.39 is 28.0 Å². The van der Waals surface area contributed by atoms with Crippen LogP contribution in [0.1, 0.15) is 125 Å². The Bertz CT molecular complexity index is 432. The van der Waals surface area contributed by atoms with Gasteiger partial charge in [-0.3, -0.25) is 0 Å². The van der Waals surface area contributed by atoms with Crippen molar-refractivity contribution in [1.82, 2.24) is 0 Å². The molecule has 0 saturated heterocycles. The number of halogens is 1. The van der Waals surface area contributed by atoms with E-state index in [0.717, 1.165) is 49.9 Å². The summed E-state index contributed by atoms with van der Waals surface area (Å²) in [6.45, 7) is 47.9. The topological polar surface area (TPSA) is 0 Å². The molecule has 0 heterocycles. The van der Waals surface area contributed by atoms with Gasteiger partial charge in [-0.25, -0.2) is 0 Å². The third kappa shape index (κ3) is 4.26. The zero-order valence-corrected chi connectivity index (χ0v) is 31.2. The Balaban J connectivity index is 8.62. The molecule has 0 aromatic carbocycles. The minimum absolute atomic E-state index is 0.833. The van der Waals surface area contributed by atoms with Gasteiger partial charge in [-0.15, -0.1) is 15.3 Å². The molecule has 0 aromatic rings. The van der Waals surface area contributed by atoms with Crippen molar-refractivity contribution < 1.29 is 0 Å². The zero-order chi connectivity index (χ0) is 26.2. The lowest BCUT2D eigenvalue weighted by atomic mass is 10.5. The predicted octanol–water partition coefficient (Wildman–Crippen LogP) is 11.6. The summed E-state index contributed by atoms with van der Waals surface area (Å²) < 4.78 is 0.